The van der Waals surface area contributed by atoms with Crippen LogP contribution in [-0.2, 0) is 11.8 Å². The van der Waals surface area contributed by atoms with Crippen molar-refractivity contribution in [1.29, 1.82) is 0 Å². The Bertz CT molecular complexity index is 837. The molecule has 156 valence electrons. The molecule has 1 aromatic heterocycles. The van der Waals surface area contributed by atoms with E-state index in [1.807, 2.05) is 50.2 Å². The zero-order valence-electron chi connectivity index (χ0n) is 17.6. The minimum Gasteiger partial charge on any atom is -0.353 e. The maximum atomic E-state index is 13.2. The van der Waals surface area contributed by atoms with Crippen LogP contribution in [0.4, 0.5) is 11.4 Å². The first-order valence-electron chi connectivity index (χ1n) is 10.4. The number of carbonyl (C=O) groups excluding carboxylic acids is 2. The van der Waals surface area contributed by atoms with E-state index >= 15 is 0 Å². The molecule has 1 aromatic carbocycles. The lowest BCUT2D eigenvalue weighted by atomic mass is 10.1. The Hall–Kier alpha value is -2.83. The summed E-state index contributed by atoms with van der Waals surface area (Å²) in [4.78, 5) is 29.6. The van der Waals surface area contributed by atoms with Gasteiger partial charge in [-0.05, 0) is 44.9 Å². The lowest BCUT2D eigenvalue weighted by molar-refractivity contribution is -0.132. The summed E-state index contributed by atoms with van der Waals surface area (Å²) in [5.41, 5.74) is 2.23. The van der Waals surface area contributed by atoms with Gasteiger partial charge in [-0.2, -0.15) is 5.10 Å². The minimum absolute atomic E-state index is 0.0404. The van der Waals surface area contributed by atoms with Crippen molar-refractivity contribution in [2.45, 2.75) is 45.6 Å². The van der Waals surface area contributed by atoms with Gasteiger partial charge < -0.3 is 15.1 Å². The number of likely N-dealkylation sites (tertiary alicyclic amines) is 1. The molecule has 7 nitrogen and oxygen atoms in total. The van der Waals surface area contributed by atoms with Crippen molar-refractivity contribution in [2.75, 3.05) is 25.0 Å². The average Bonchev–Trinajstić information content (AvgIpc) is 2.94. The van der Waals surface area contributed by atoms with Crippen molar-refractivity contribution >= 4 is 23.2 Å². The Morgan fingerprint density at radius 1 is 1.14 bits per heavy atom. The number of hydrogen-bond donors (Lipinski definition) is 1. The molecule has 1 saturated heterocycles. The van der Waals surface area contributed by atoms with E-state index in [1.165, 1.54) is 12.8 Å². The average molecular weight is 398 g/mol. The highest BCUT2D eigenvalue weighted by atomic mass is 16.2. The van der Waals surface area contributed by atoms with E-state index in [4.69, 9.17) is 0 Å². The van der Waals surface area contributed by atoms with E-state index in [0.717, 1.165) is 37.3 Å². The molecule has 0 unspecified atom stereocenters. The quantitative estimate of drug-likeness (QED) is 0.811. The fourth-order valence-electron chi connectivity index (χ4n) is 3.60. The Morgan fingerprint density at radius 2 is 1.86 bits per heavy atom. The van der Waals surface area contributed by atoms with E-state index < -0.39 is 0 Å². The number of aryl methyl sites for hydroxylation is 1. The standard InChI is InChI=1S/C22H31N5O2/c1-17(2)27(16-21(28)26-11-6-4-5-7-12-26)22(29)18-9-8-10-19(13-18)24-20-14-23-25(3)15-20/h8-10,13-15,17,24H,4-7,11-12,16H2,1-3H3. The van der Waals surface area contributed by atoms with Crippen LogP contribution in [0.25, 0.3) is 0 Å². The van der Waals surface area contributed by atoms with Gasteiger partial charge >= 0.3 is 0 Å². The summed E-state index contributed by atoms with van der Waals surface area (Å²) >= 11 is 0. The van der Waals surface area contributed by atoms with E-state index in [1.54, 1.807) is 21.8 Å². The van der Waals surface area contributed by atoms with Crippen LogP contribution in [0, 0.1) is 0 Å². The van der Waals surface area contributed by atoms with Gasteiger partial charge in [-0.1, -0.05) is 18.9 Å². The summed E-state index contributed by atoms with van der Waals surface area (Å²) < 4.78 is 1.71. The summed E-state index contributed by atoms with van der Waals surface area (Å²) in [5.74, 6) is -0.0865. The minimum atomic E-state index is -0.127. The highest BCUT2D eigenvalue weighted by molar-refractivity contribution is 5.97. The van der Waals surface area contributed by atoms with Gasteiger partial charge in [0.1, 0.15) is 6.54 Å². The monoisotopic (exact) mass is 397 g/mol. The van der Waals surface area contributed by atoms with Gasteiger partial charge in [-0.15, -0.1) is 0 Å². The summed E-state index contributed by atoms with van der Waals surface area (Å²) in [7, 11) is 1.85. The van der Waals surface area contributed by atoms with Crippen LogP contribution in [0.1, 0.15) is 49.9 Å². The molecule has 29 heavy (non-hydrogen) atoms. The molecule has 0 aliphatic carbocycles. The molecule has 3 rings (SSSR count). The van der Waals surface area contributed by atoms with Crippen LogP contribution in [-0.4, -0.2) is 57.1 Å². The molecule has 1 N–H and O–H groups in total. The molecule has 2 heterocycles. The zero-order valence-corrected chi connectivity index (χ0v) is 17.6. The third-order valence-electron chi connectivity index (χ3n) is 5.25. The predicted molar refractivity (Wildman–Crippen MR) is 114 cm³/mol. The number of anilines is 2. The number of nitrogens with one attached hydrogen (secondary N) is 1. The third kappa shape index (κ3) is 5.59. The molecule has 7 heteroatoms. The first-order chi connectivity index (χ1) is 13.9. The first kappa shape index (κ1) is 20.9. The maximum absolute atomic E-state index is 13.2. The van der Waals surface area contributed by atoms with Gasteiger partial charge in [-0.25, -0.2) is 0 Å². The lowest BCUT2D eigenvalue weighted by Gasteiger charge is -2.29. The van der Waals surface area contributed by atoms with Crippen molar-refractivity contribution in [2.24, 2.45) is 7.05 Å². The van der Waals surface area contributed by atoms with Crippen LogP contribution in [0.15, 0.2) is 36.7 Å². The van der Waals surface area contributed by atoms with E-state index in [2.05, 4.69) is 10.4 Å². The second-order valence-corrected chi connectivity index (χ2v) is 7.93. The fourth-order valence-corrected chi connectivity index (χ4v) is 3.60. The van der Waals surface area contributed by atoms with Crippen molar-refractivity contribution < 1.29 is 9.59 Å². The molecule has 0 bridgehead atoms. The zero-order chi connectivity index (χ0) is 20.8. The second-order valence-electron chi connectivity index (χ2n) is 7.93. The molecule has 1 fully saturated rings. The smallest absolute Gasteiger partial charge is 0.254 e. The first-order valence-corrected chi connectivity index (χ1v) is 10.4. The fraction of sp³-hybridized carbons (Fsp3) is 0.500. The molecule has 0 saturated carbocycles. The topological polar surface area (TPSA) is 70.5 Å². The number of carbonyl (C=O) groups is 2. The van der Waals surface area contributed by atoms with Gasteiger partial charge in [0.05, 0.1) is 11.9 Å². The van der Waals surface area contributed by atoms with E-state index in [-0.39, 0.29) is 24.4 Å². The summed E-state index contributed by atoms with van der Waals surface area (Å²) in [6, 6.07) is 7.31. The van der Waals surface area contributed by atoms with Crippen LogP contribution >= 0.6 is 0 Å². The lowest BCUT2D eigenvalue weighted by Crippen LogP contribution is -2.46. The molecule has 1 aliphatic rings. The normalized spacial score (nSPS) is 14.6. The number of rotatable bonds is 6. The second kappa shape index (κ2) is 9.58. The SMILES string of the molecule is CC(C)N(CC(=O)N1CCCCCC1)C(=O)c1cccc(Nc2cnn(C)c2)c1. The van der Waals surface area contributed by atoms with Gasteiger partial charge in [0.25, 0.3) is 5.91 Å². The van der Waals surface area contributed by atoms with Crippen molar-refractivity contribution in [3.05, 3.63) is 42.2 Å². The van der Waals surface area contributed by atoms with Crippen LogP contribution in [0.3, 0.4) is 0 Å². The Morgan fingerprint density at radius 3 is 2.48 bits per heavy atom. The molecular weight excluding hydrogens is 366 g/mol. The number of benzene rings is 1. The van der Waals surface area contributed by atoms with Gasteiger partial charge in [-0.3, -0.25) is 14.3 Å². The Labute approximate surface area is 172 Å². The summed E-state index contributed by atoms with van der Waals surface area (Å²) in [5, 5.41) is 7.40. The summed E-state index contributed by atoms with van der Waals surface area (Å²) in [6.07, 6.45) is 8.04. The largest absolute Gasteiger partial charge is 0.353 e. The molecular formula is C22H31N5O2. The maximum Gasteiger partial charge on any atom is 0.254 e. The van der Waals surface area contributed by atoms with Crippen molar-refractivity contribution in [3.63, 3.8) is 0 Å². The molecule has 2 aromatic rings. The Kier molecular flexibility index (Phi) is 6.90. The predicted octanol–water partition coefficient (Wildman–Crippen LogP) is 3.42. The number of hydrogen-bond acceptors (Lipinski definition) is 4. The van der Waals surface area contributed by atoms with Crippen LogP contribution in [0.5, 0.6) is 0 Å². The highest BCUT2D eigenvalue weighted by Crippen LogP contribution is 2.19. The Balaban J connectivity index is 1.71. The van der Waals surface area contributed by atoms with Gasteiger partial charge in [0.15, 0.2) is 0 Å². The van der Waals surface area contributed by atoms with E-state index in [0.29, 0.717) is 5.56 Å². The van der Waals surface area contributed by atoms with Crippen LogP contribution < -0.4 is 5.32 Å². The van der Waals surface area contributed by atoms with Gasteiger partial charge in [0, 0.05) is 43.6 Å². The molecule has 0 spiro atoms. The van der Waals surface area contributed by atoms with Gasteiger partial charge in [0.2, 0.25) is 5.91 Å². The van der Waals surface area contributed by atoms with E-state index in [9.17, 15) is 9.59 Å². The highest BCUT2D eigenvalue weighted by Gasteiger charge is 2.25. The molecule has 1 aliphatic heterocycles. The molecule has 2 amide bonds. The van der Waals surface area contributed by atoms with Crippen molar-refractivity contribution in [1.82, 2.24) is 19.6 Å². The molecule has 0 radical (unpaired) electrons. The molecule has 0 atom stereocenters. The van der Waals surface area contributed by atoms with Crippen LogP contribution in [0.2, 0.25) is 0 Å². The van der Waals surface area contributed by atoms with Crippen molar-refractivity contribution in [3.8, 4) is 0 Å². The number of amides is 2. The number of aromatic nitrogens is 2. The third-order valence-corrected chi connectivity index (χ3v) is 5.25. The number of nitrogens with zero attached hydrogens (tertiary/aromatic N) is 4. The summed E-state index contributed by atoms with van der Waals surface area (Å²) in [6.45, 7) is 5.61.